The Morgan fingerprint density at radius 3 is 2.90 bits per heavy atom. The third kappa shape index (κ3) is 3.51. The molecule has 0 aliphatic carbocycles. The van der Waals surface area contributed by atoms with Crippen molar-refractivity contribution in [2.45, 2.75) is 5.22 Å². The Labute approximate surface area is 132 Å². The molecule has 1 fully saturated rings. The standard InChI is InChI=1S/C14H16ClN3O2S/c1-17-4-6-18(7-5-17)13(19)9-21-14-16-11-8-10(15)2-3-12(11)20-14/h2-3,8H,4-7,9H2,1H3. The summed E-state index contributed by atoms with van der Waals surface area (Å²) in [6, 6.07) is 5.31. The van der Waals surface area contributed by atoms with Crippen molar-refractivity contribution in [3.63, 3.8) is 0 Å². The van der Waals surface area contributed by atoms with Gasteiger partial charge in [0.05, 0.1) is 5.75 Å². The summed E-state index contributed by atoms with van der Waals surface area (Å²) in [5.41, 5.74) is 1.41. The molecule has 3 rings (SSSR count). The lowest BCUT2D eigenvalue weighted by atomic mass is 10.3. The van der Waals surface area contributed by atoms with E-state index in [9.17, 15) is 4.79 Å². The number of fused-ring (bicyclic) bond motifs is 1. The van der Waals surface area contributed by atoms with Crippen LogP contribution in [-0.2, 0) is 4.79 Å². The zero-order chi connectivity index (χ0) is 14.8. The van der Waals surface area contributed by atoms with Gasteiger partial charge in [-0.2, -0.15) is 0 Å². The number of benzene rings is 1. The topological polar surface area (TPSA) is 49.6 Å². The van der Waals surface area contributed by atoms with Crippen LogP contribution < -0.4 is 0 Å². The van der Waals surface area contributed by atoms with Crippen LogP contribution in [-0.4, -0.2) is 59.7 Å². The van der Waals surface area contributed by atoms with Gasteiger partial charge >= 0.3 is 0 Å². The van der Waals surface area contributed by atoms with E-state index in [1.807, 2.05) is 4.90 Å². The number of likely N-dealkylation sites (N-methyl/N-ethyl adjacent to an activating group) is 1. The van der Waals surface area contributed by atoms with Gasteiger partial charge in [0.15, 0.2) is 5.58 Å². The molecule has 1 aliphatic heterocycles. The minimum Gasteiger partial charge on any atom is -0.431 e. The number of piperazine rings is 1. The van der Waals surface area contributed by atoms with Gasteiger partial charge < -0.3 is 14.2 Å². The molecule has 5 nitrogen and oxygen atoms in total. The maximum atomic E-state index is 12.1. The number of nitrogens with zero attached hydrogens (tertiary/aromatic N) is 3. The van der Waals surface area contributed by atoms with Crippen LogP contribution in [0.5, 0.6) is 0 Å². The summed E-state index contributed by atoms with van der Waals surface area (Å²) in [6.45, 7) is 3.44. The van der Waals surface area contributed by atoms with E-state index < -0.39 is 0 Å². The van der Waals surface area contributed by atoms with Crippen LogP contribution in [0, 0.1) is 0 Å². The van der Waals surface area contributed by atoms with Crippen molar-refractivity contribution in [2.75, 3.05) is 39.0 Å². The Balaban J connectivity index is 1.59. The zero-order valence-corrected chi connectivity index (χ0v) is 13.3. The quantitative estimate of drug-likeness (QED) is 0.811. The van der Waals surface area contributed by atoms with Gasteiger partial charge in [0.2, 0.25) is 5.91 Å². The van der Waals surface area contributed by atoms with Crippen molar-refractivity contribution in [3.8, 4) is 0 Å². The average molecular weight is 326 g/mol. The summed E-state index contributed by atoms with van der Waals surface area (Å²) < 4.78 is 5.59. The Morgan fingerprint density at radius 2 is 2.14 bits per heavy atom. The maximum Gasteiger partial charge on any atom is 0.257 e. The van der Waals surface area contributed by atoms with E-state index >= 15 is 0 Å². The third-order valence-electron chi connectivity index (χ3n) is 3.51. The summed E-state index contributed by atoms with van der Waals surface area (Å²) in [4.78, 5) is 20.6. The Kier molecular flexibility index (Phi) is 4.37. The monoisotopic (exact) mass is 325 g/mol. The molecule has 21 heavy (non-hydrogen) atoms. The SMILES string of the molecule is CN1CCN(C(=O)CSc2nc3cc(Cl)ccc3o2)CC1. The Hall–Kier alpha value is -1.24. The van der Waals surface area contributed by atoms with Crippen molar-refractivity contribution in [1.29, 1.82) is 0 Å². The first-order valence-electron chi connectivity index (χ1n) is 6.77. The molecule has 112 valence electrons. The molecule has 2 heterocycles. The van der Waals surface area contributed by atoms with Gasteiger partial charge in [-0.15, -0.1) is 0 Å². The van der Waals surface area contributed by atoms with Gasteiger partial charge in [-0.25, -0.2) is 4.98 Å². The van der Waals surface area contributed by atoms with E-state index in [1.165, 1.54) is 11.8 Å². The second kappa shape index (κ2) is 6.25. The number of carbonyl (C=O) groups excluding carboxylic acids is 1. The van der Waals surface area contributed by atoms with Crippen LogP contribution in [0.15, 0.2) is 27.8 Å². The molecule has 7 heteroatoms. The molecule has 0 atom stereocenters. The normalized spacial score (nSPS) is 16.6. The minimum absolute atomic E-state index is 0.133. The zero-order valence-electron chi connectivity index (χ0n) is 11.7. The number of hydrogen-bond donors (Lipinski definition) is 0. The lowest BCUT2D eigenvalue weighted by Gasteiger charge is -2.32. The second-order valence-electron chi connectivity index (χ2n) is 5.06. The first-order chi connectivity index (χ1) is 10.1. The fourth-order valence-corrected chi connectivity index (χ4v) is 3.12. The maximum absolute atomic E-state index is 12.1. The Morgan fingerprint density at radius 1 is 1.38 bits per heavy atom. The highest BCUT2D eigenvalue weighted by Gasteiger charge is 2.19. The lowest BCUT2D eigenvalue weighted by molar-refractivity contribution is -0.129. The molecule has 1 aromatic carbocycles. The molecule has 0 radical (unpaired) electrons. The van der Waals surface area contributed by atoms with E-state index in [-0.39, 0.29) is 5.91 Å². The van der Waals surface area contributed by atoms with Crippen LogP contribution in [0.2, 0.25) is 5.02 Å². The number of amides is 1. The summed E-state index contributed by atoms with van der Waals surface area (Å²) in [6.07, 6.45) is 0. The fraction of sp³-hybridized carbons (Fsp3) is 0.429. The number of hydrogen-bond acceptors (Lipinski definition) is 5. The summed E-state index contributed by atoms with van der Waals surface area (Å²) >= 11 is 7.24. The molecule has 0 saturated carbocycles. The van der Waals surface area contributed by atoms with E-state index in [0.717, 1.165) is 31.7 Å². The van der Waals surface area contributed by atoms with E-state index in [2.05, 4.69) is 16.9 Å². The average Bonchev–Trinajstić information content (AvgIpc) is 2.87. The van der Waals surface area contributed by atoms with Gasteiger partial charge in [-0.3, -0.25) is 4.79 Å². The van der Waals surface area contributed by atoms with Crippen molar-refractivity contribution in [3.05, 3.63) is 23.2 Å². The number of rotatable bonds is 3. The Bertz CT molecular complexity index is 653. The molecule has 1 saturated heterocycles. The van der Waals surface area contributed by atoms with Gasteiger partial charge in [0.25, 0.3) is 5.22 Å². The van der Waals surface area contributed by atoms with Gasteiger partial charge in [-0.1, -0.05) is 23.4 Å². The predicted octanol–water partition coefficient (Wildman–Crippen LogP) is 2.35. The number of oxazole rings is 1. The van der Waals surface area contributed by atoms with Gasteiger partial charge in [-0.05, 0) is 25.2 Å². The van der Waals surface area contributed by atoms with Crippen LogP contribution in [0.1, 0.15) is 0 Å². The van der Waals surface area contributed by atoms with Crippen molar-refractivity contribution < 1.29 is 9.21 Å². The third-order valence-corrected chi connectivity index (χ3v) is 4.55. The van der Waals surface area contributed by atoms with Crippen LogP contribution >= 0.6 is 23.4 Å². The molecule has 1 aliphatic rings. The summed E-state index contributed by atoms with van der Waals surface area (Å²) in [5.74, 6) is 0.484. The molecule has 0 bridgehead atoms. The highest BCUT2D eigenvalue weighted by molar-refractivity contribution is 7.99. The van der Waals surface area contributed by atoms with Crippen LogP contribution in [0.3, 0.4) is 0 Å². The van der Waals surface area contributed by atoms with E-state index in [4.69, 9.17) is 16.0 Å². The number of aromatic nitrogens is 1. The van der Waals surface area contributed by atoms with Crippen molar-refractivity contribution >= 4 is 40.4 Å². The smallest absolute Gasteiger partial charge is 0.257 e. The first-order valence-corrected chi connectivity index (χ1v) is 8.13. The lowest BCUT2D eigenvalue weighted by Crippen LogP contribution is -2.47. The number of thioether (sulfide) groups is 1. The molecule has 1 aromatic heterocycles. The highest BCUT2D eigenvalue weighted by atomic mass is 35.5. The molecule has 2 aromatic rings. The van der Waals surface area contributed by atoms with E-state index in [0.29, 0.717) is 21.6 Å². The minimum atomic E-state index is 0.133. The molecule has 0 spiro atoms. The van der Waals surface area contributed by atoms with Gasteiger partial charge in [0, 0.05) is 31.2 Å². The van der Waals surface area contributed by atoms with Crippen molar-refractivity contribution in [2.24, 2.45) is 0 Å². The fourth-order valence-electron chi connectivity index (χ4n) is 2.21. The molecular formula is C14H16ClN3O2S. The molecule has 1 amide bonds. The summed E-state index contributed by atoms with van der Waals surface area (Å²) in [7, 11) is 2.07. The number of halogens is 1. The second-order valence-corrected chi connectivity index (χ2v) is 6.43. The van der Waals surface area contributed by atoms with Crippen molar-refractivity contribution in [1.82, 2.24) is 14.8 Å². The first kappa shape index (κ1) is 14.7. The predicted molar refractivity (Wildman–Crippen MR) is 83.8 cm³/mol. The van der Waals surface area contributed by atoms with Crippen LogP contribution in [0.4, 0.5) is 0 Å². The number of carbonyl (C=O) groups is 1. The molecule has 0 N–H and O–H groups in total. The van der Waals surface area contributed by atoms with Crippen LogP contribution in [0.25, 0.3) is 11.1 Å². The van der Waals surface area contributed by atoms with Gasteiger partial charge in [0.1, 0.15) is 5.52 Å². The van der Waals surface area contributed by atoms with E-state index in [1.54, 1.807) is 18.2 Å². The summed E-state index contributed by atoms with van der Waals surface area (Å²) in [5, 5.41) is 1.13. The highest BCUT2D eigenvalue weighted by Crippen LogP contribution is 2.25. The molecule has 0 unspecified atom stereocenters. The largest absolute Gasteiger partial charge is 0.431 e. The molecular weight excluding hydrogens is 310 g/mol.